The first kappa shape index (κ1) is 17.7. The van der Waals surface area contributed by atoms with E-state index in [1.165, 1.54) is 19.3 Å². The Kier molecular flexibility index (Phi) is 6.35. The second-order valence-corrected chi connectivity index (χ2v) is 8.04. The van der Waals surface area contributed by atoms with Gasteiger partial charge in [0.05, 0.1) is 4.75 Å². The van der Waals surface area contributed by atoms with E-state index in [2.05, 4.69) is 5.32 Å². The lowest BCUT2D eigenvalue weighted by atomic mass is 9.95. The number of carbonyl (C=O) groups excluding carboxylic acids is 1. The standard InChI is InChI=1S/C18H24N2O2S/c1-18(2,17(21)20-14-6-4-3-5-7-14)23-16-10-8-15(9-11-16)22-13-12-19/h8-11,14H,3-7,13H2,1-2H3,(H,20,21). The first-order valence-electron chi connectivity index (χ1n) is 8.11. The van der Waals surface area contributed by atoms with Crippen LogP contribution in [0.1, 0.15) is 46.0 Å². The van der Waals surface area contributed by atoms with Gasteiger partial charge in [0.15, 0.2) is 6.61 Å². The topological polar surface area (TPSA) is 62.1 Å². The fourth-order valence-corrected chi connectivity index (χ4v) is 3.68. The van der Waals surface area contributed by atoms with E-state index in [1.54, 1.807) is 11.8 Å². The van der Waals surface area contributed by atoms with Gasteiger partial charge in [0.25, 0.3) is 0 Å². The van der Waals surface area contributed by atoms with Gasteiger partial charge in [0.1, 0.15) is 11.8 Å². The Balaban J connectivity index is 1.91. The molecule has 1 aromatic carbocycles. The molecule has 1 aliphatic carbocycles. The van der Waals surface area contributed by atoms with E-state index in [4.69, 9.17) is 10.00 Å². The fraction of sp³-hybridized carbons (Fsp3) is 0.556. The van der Waals surface area contributed by atoms with Gasteiger partial charge in [-0.3, -0.25) is 4.79 Å². The smallest absolute Gasteiger partial charge is 0.236 e. The van der Waals surface area contributed by atoms with Crippen molar-refractivity contribution in [3.63, 3.8) is 0 Å². The van der Waals surface area contributed by atoms with Gasteiger partial charge in [-0.2, -0.15) is 5.26 Å². The molecule has 0 unspecified atom stereocenters. The zero-order valence-corrected chi connectivity index (χ0v) is 14.6. The van der Waals surface area contributed by atoms with Crippen LogP contribution >= 0.6 is 11.8 Å². The Morgan fingerprint density at radius 1 is 1.30 bits per heavy atom. The van der Waals surface area contributed by atoms with Gasteiger partial charge < -0.3 is 10.1 Å². The number of nitrogens with one attached hydrogen (secondary N) is 1. The molecule has 1 amide bonds. The van der Waals surface area contributed by atoms with Gasteiger partial charge in [0, 0.05) is 10.9 Å². The van der Waals surface area contributed by atoms with Gasteiger partial charge in [-0.15, -0.1) is 11.8 Å². The lowest BCUT2D eigenvalue weighted by molar-refractivity contribution is -0.123. The summed E-state index contributed by atoms with van der Waals surface area (Å²) < 4.78 is 4.72. The number of nitriles is 1. The third-order valence-electron chi connectivity index (χ3n) is 3.99. The monoisotopic (exact) mass is 332 g/mol. The van der Waals surface area contributed by atoms with Gasteiger partial charge in [-0.05, 0) is 51.0 Å². The third-order valence-corrected chi connectivity index (χ3v) is 5.19. The molecule has 0 aliphatic heterocycles. The number of thioether (sulfide) groups is 1. The highest BCUT2D eigenvalue weighted by molar-refractivity contribution is 8.01. The number of amides is 1. The predicted octanol–water partition coefficient (Wildman–Crippen LogP) is 3.91. The molecular weight excluding hydrogens is 308 g/mol. The van der Waals surface area contributed by atoms with Crippen molar-refractivity contribution in [3.8, 4) is 11.8 Å². The molecule has 0 aromatic heterocycles. The highest BCUT2D eigenvalue weighted by atomic mass is 32.2. The van der Waals surface area contributed by atoms with Crippen molar-refractivity contribution in [2.45, 2.75) is 61.6 Å². The van der Waals surface area contributed by atoms with Crippen molar-refractivity contribution in [2.75, 3.05) is 6.61 Å². The van der Waals surface area contributed by atoms with Crippen LogP contribution < -0.4 is 10.1 Å². The quantitative estimate of drug-likeness (QED) is 0.802. The van der Waals surface area contributed by atoms with Gasteiger partial charge in [-0.1, -0.05) is 19.3 Å². The van der Waals surface area contributed by atoms with E-state index in [0.29, 0.717) is 11.8 Å². The van der Waals surface area contributed by atoms with E-state index >= 15 is 0 Å². The molecule has 1 N–H and O–H groups in total. The van der Waals surface area contributed by atoms with Crippen molar-refractivity contribution >= 4 is 17.7 Å². The summed E-state index contributed by atoms with van der Waals surface area (Å²) in [6.07, 6.45) is 5.89. The Bertz CT molecular complexity index is 557. The summed E-state index contributed by atoms with van der Waals surface area (Å²) in [4.78, 5) is 13.6. The van der Waals surface area contributed by atoms with Crippen LogP contribution in [-0.2, 0) is 4.79 Å². The fourth-order valence-electron chi connectivity index (χ4n) is 2.67. The average molecular weight is 332 g/mol. The lowest BCUT2D eigenvalue weighted by Crippen LogP contribution is -2.45. The zero-order valence-electron chi connectivity index (χ0n) is 13.8. The van der Waals surface area contributed by atoms with Crippen LogP contribution in [0, 0.1) is 11.3 Å². The second-order valence-electron chi connectivity index (χ2n) is 6.34. The Morgan fingerprint density at radius 3 is 2.57 bits per heavy atom. The Labute approximate surface area is 142 Å². The van der Waals surface area contributed by atoms with Crippen LogP contribution in [0.25, 0.3) is 0 Å². The summed E-state index contributed by atoms with van der Waals surface area (Å²) in [6.45, 7) is 3.95. The number of rotatable bonds is 6. The van der Waals surface area contributed by atoms with E-state index in [0.717, 1.165) is 17.7 Å². The summed E-state index contributed by atoms with van der Waals surface area (Å²) in [5, 5.41) is 11.7. The normalized spacial score (nSPS) is 15.7. The summed E-state index contributed by atoms with van der Waals surface area (Å²) in [7, 11) is 0. The molecule has 0 spiro atoms. The van der Waals surface area contributed by atoms with E-state index in [1.807, 2.05) is 44.2 Å². The first-order chi connectivity index (χ1) is 11.0. The molecule has 0 bridgehead atoms. The van der Waals surface area contributed by atoms with E-state index < -0.39 is 4.75 Å². The van der Waals surface area contributed by atoms with Crippen molar-refractivity contribution in [3.05, 3.63) is 24.3 Å². The van der Waals surface area contributed by atoms with Crippen molar-refractivity contribution in [1.29, 1.82) is 5.26 Å². The molecular formula is C18H24N2O2S. The van der Waals surface area contributed by atoms with Gasteiger partial charge in [0.2, 0.25) is 5.91 Å². The van der Waals surface area contributed by atoms with E-state index in [-0.39, 0.29) is 12.5 Å². The zero-order chi connectivity index (χ0) is 16.7. The molecule has 0 saturated heterocycles. The molecule has 23 heavy (non-hydrogen) atoms. The maximum atomic E-state index is 12.6. The number of ether oxygens (including phenoxy) is 1. The number of hydrogen-bond donors (Lipinski definition) is 1. The summed E-state index contributed by atoms with van der Waals surface area (Å²) in [5.74, 6) is 0.763. The maximum Gasteiger partial charge on any atom is 0.236 e. The number of nitrogens with zero attached hydrogens (tertiary/aromatic N) is 1. The average Bonchev–Trinajstić information content (AvgIpc) is 2.55. The summed E-state index contributed by atoms with van der Waals surface area (Å²) in [5.41, 5.74) is 0. The lowest BCUT2D eigenvalue weighted by Gasteiger charge is -2.29. The predicted molar refractivity (Wildman–Crippen MR) is 92.5 cm³/mol. The van der Waals surface area contributed by atoms with Crippen LogP contribution in [0.2, 0.25) is 0 Å². The molecule has 1 aromatic rings. The maximum absolute atomic E-state index is 12.6. The molecule has 4 nitrogen and oxygen atoms in total. The van der Waals surface area contributed by atoms with E-state index in [9.17, 15) is 4.79 Å². The second kappa shape index (κ2) is 8.26. The van der Waals surface area contributed by atoms with Gasteiger partial charge >= 0.3 is 0 Å². The molecule has 124 valence electrons. The minimum Gasteiger partial charge on any atom is -0.479 e. The summed E-state index contributed by atoms with van der Waals surface area (Å²) >= 11 is 1.54. The van der Waals surface area contributed by atoms with Crippen LogP contribution in [0.3, 0.4) is 0 Å². The van der Waals surface area contributed by atoms with Crippen LogP contribution in [0.5, 0.6) is 5.75 Å². The molecule has 5 heteroatoms. The largest absolute Gasteiger partial charge is 0.479 e. The Hall–Kier alpha value is -1.67. The van der Waals surface area contributed by atoms with Crippen LogP contribution in [0.15, 0.2) is 29.2 Å². The number of hydrogen-bond acceptors (Lipinski definition) is 4. The Morgan fingerprint density at radius 2 is 1.96 bits per heavy atom. The number of carbonyl (C=O) groups is 1. The molecule has 1 fully saturated rings. The molecule has 2 rings (SSSR count). The minimum atomic E-state index is -0.521. The van der Waals surface area contributed by atoms with Crippen LogP contribution in [0.4, 0.5) is 0 Å². The highest BCUT2D eigenvalue weighted by Crippen LogP contribution is 2.34. The van der Waals surface area contributed by atoms with Crippen molar-refractivity contribution in [1.82, 2.24) is 5.32 Å². The molecule has 0 radical (unpaired) electrons. The SMILES string of the molecule is CC(C)(Sc1ccc(OCC#N)cc1)C(=O)NC1CCCCC1. The summed E-state index contributed by atoms with van der Waals surface area (Å²) in [6, 6.07) is 9.78. The number of benzene rings is 1. The third kappa shape index (κ3) is 5.47. The molecule has 1 saturated carbocycles. The van der Waals surface area contributed by atoms with Gasteiger partial charge in [-0.25, -0.2) is 0 Å². The van der Waals surface area contributed by atoms with Crippen molar-refractivity contribution in [2.24, 2.45) is 0 Å². The molecule has 0 atom stereocenters. The first-order valence-corrected chi connectivity index (χ1v) is 8.93. The minimum absolute atomic E-state index is 0.0434. The van der Waals surface area contributed by atoms with Crippen LogP contribution in [-0.4, -0.2) is 23.3 Å². The van der Waals surface area contributed by atoms with Crippen molar-refractivity contribution < 1.29 is 9.53 Å². The molecule has 1 aliphatic rings. The highest BCUT2D eigenvalue weighted by Gasteiger charge is 2.30. The molecule has 0 heterocycles.